The van der Waals surface area contributed by atoms with Gasteiger partial charge in [0.25, 0.3) is 0 Å². The van der Waals surface area contributed by atoms with Crippen LogP contribution in [0.3, 0.4) is 0 Å². The molecule has 5 nitrogen and oxygen atoms in total. The van der Waals surface area contributed by atoms with Gasteiger partial charge in [-0.3, -0.25) is 0 Å². The molecule has 0 atom stereocenters. The molecule has 0 bridgehead atoms. The molecular weight excluding hydrogens is 234 g/mol. The van der Waals surface area contributed by atoms with Crippen molar-refractivity contribution in [2.75, 3.05) is 18.0 Å². The molecule has 0 unspecified atom stereocenters. The highest BCUT2D eigenvalue weighted by Gasteiger charge is 2.06. The Morgan fingerprint density at radius 2 is 1.44 bits per heavy atom. The zero-order valence-corrected chi connectivity index (χ0v) is 10.2. The van der Waals surface area contributed by atoms with E-state index in [0.717, 1.165) is 11.3 Å². The summed E-state index contributed by atoms with van der Waals surface area (Å²) in [4.78, 5) is 22.6. The Morgan fingerprint density at radius 3 is 1.83 bits per heavy atom. The number of rotatable bonds is 7. The van der Waals surface area contributed by atoms with E-state index in [9.17, 15) is 19.8 Å². The third-order valence-corrected chi connectivity index (χ3v) is 2.57. The van der Waals surface area contributed by atoms with E-state index in [0.29, 0.717) is 0 Å². The van der Waals surface area contributed by atoms with Crippen molar-refractivity contribution in [1.29, 1.82) is 0 Å². The van der Waals surface area contributed by atoms with Gasteiger partial charge in [-0.2, -0.15) is 0 Å². The summed E-state index contributed by atoms with van der Waals surface area (Å²) in [6, 6.07) is 7.44. The number of hydrogen-bond donors (Lipinski definition) is 0. The van der Waals surface area contributed by atoms with E-state index in [4.69, 9.17) is 0 Å². The van der Waals surface area contributed by atoms with Crippen molar-refractivity contribution in [3.05, 3.63) is 29.8 Å². The summed E-state index contributed by atoms with van der Waals surface area (Å²) in [5.41, 5.74) is 1.88. The van der Waals surface area contributed by atoms with Crippen LogP contribution in [0.4, 0.5) is 5.69 Å². The monoisotopic (exact) mass is 249 g/mol. The number of benzene rings is 1. The molecule has 0 saturated heterocycles. The summed E-state index contributed by atoms with van der Waals surface area (Å²) in [5.74, 6) is -2.30. The number of carboxylic acids is 2. The zero-order valence-electron chi connectivity index (χ0n) is 10.2. The lowest BCUT2D eigenvalue weighted by atomic mass is 10.2. The first-order valence-corrected chi connectivity index (χ1v) is 5.70. The lowest BCUT2D eigenvalue weighted by Gasteiger charge is -2.25. The average molecular weight is 249 g/mol. The van der Waals surface area contributed by atoms with Crippen molar-refractivity contribution in [3.63, 3.8) is 0 Å². The van der Waals surface area contributed by atoms with Crippen molar-refractivity contribution in [2.45, 2.75) is 19.8 Å². The summed E-state index contributed by atoms with van der Waals surface area (Å²) in [6.45, 7) is 2.38. The molecule has 0 fully saturated rings. The van der Waals surface area contributed by atoms with E-state index >= 15 is 0 Å². The van der Waals surface area contributed by atoms with E-state index in [1.165, 1.54) is 0 Å². The number of aryl methyl sites for hydroxylation is 1. The van der Waals surface area contributed by atoms with Gasteiger partial charge >= 0.3 is 0 Å². The Morgan fingerprint density at radius 1 is 1.00 bits per heavy atom. The Bertz CT molecular complexity index is 396. The van der Waals surface area contributed by atoms with Gasteiger partial charge in [0.1, 0.15) is 0 Å². The first-order chi connectivity index (χ1) is 8.49. The molecule has 0 aromatic heterocycles. The highest BCUT2D eigenvalue weighted by Crippen LogP contribution is 2.15. The minimum atomic E-state index is -1.15. The van der Waals surface area contributed by atoms with Crippen molar-refractivity contribution in [3.8, 4) is 0 Å². The summed E-state index contributed by atoms with van der Waals surface area (Å²) < 4.78 is 0. The van der Waals surface area contributed by atoms with Crippen LogP contribution in [0.1, 0.15) is 18.4 Å². The normalized spacial score (nSPS) is 10.1. The molecule has 1 aromatic carbocycles. The van der Waals surface area contributed by atoms with E-state index in [2.05, 4.69) is 0 Å². The molecule has 0 N–H and O–H groups in total. The number of nitrogens with zero attached hydrogens (tertiary/aromatic N) is 1. The Hall–Kier alpha value is -2.04. The maximum absolute atomic E-state index is 10.5. The first-order valence-electron chi connectivity index (χ1n) is 5.70. The molecule has 18 heavy (non-hydrogen) atoms. The van der Waals surface area contributed by atoms with E-state index in [-0.39, 0.29) is 25.9 Å². The highest BCUT2D eigenvalue weighted by atomic mass is 16.4. The molecule has 98 valence electrons. The molecule has 1 aromatic rings. The number of hydrogen-bond acceptors (Lipinski definition) is 5. The summed E-state index contributed by atoms with van der Waals surface area (Å²) in [6.07, 6.45) is -0.276. The van der Waals surface area contributed by atoms with Gasteiger partial charge in [0.15, 0.2) is 0 Å². The fourth-order valence-corrected chi connectivity index (χ4v) is 1.58. The largest absolute Gasteiger partial charge is 0.550 e. The van der Waals surface area contributed by atoms with Gasteiger partial charge < -0.3 is 24.7 Å². The summed E-state index contributed by atoms with van der Waals surface area (Å²) in [7, 11) is 0. The predicted octanol–water partition coefficient (Wildman–Crippen LogP) is -0.919. The topological polar surface area (TPSA) is 83.5 Å². The zero-order chi connectivity index (χ0) is 13.5. The average Bonchev–Trinajstić information content (AvgIpc) is 2.30. The van der Waals surface area contributed by atoms with Gasteiger partial charge in [0, 0.05) is 43.6 Å². The third kappa shape index (κ3) is 4.86. The first kappa shape index (κ1) is 14.0. The smallest absolute Gasteiger partial charge is 0.0431 e. The maximum Gasteiger partial charge on any atom is 0.0431 e. The molecule has 0 amide bonds. The van der Waals surface area contributed by atoms with Crippen LogP contribution in [0.5, 0.6) is 0 Å². The quantitative estimate of drug-likeness (QED) is 0.624. The lowest BCUT2D eigenvalue weighted by molar-refractivity contribution is -0.306. The second-order valence-corrected chi connectivity index (χ2v) is 4.07. The van der Waals surface area contributed by atoms with Crippen molar-refractivity contribution in [1.82, 2.24) is 0 Å². The van der Waals surface area contributed by atoms with E-state index in [1.807, 2.05) is 31.2 Å². The van der Waals surface area contributed by atoms with Gasteiger partial charge in [-0.25, -0.2) is 0 Å². The van der Waals surface area contributed by atoms with Crippen LogP contribution >= 0.6 is 0 Å². The minimum absolute atomic E-state index is 0.138. The van der Waals surface area contributed by atoms with Crippen LogP contribution in [0, 0.1) is 6.92 Å². The summed E-state index contributed by atoms with van der Waals surface area (Å²) >= 11 is 0. The predicted molar refractivity (Wildman–Crippen MR) is 62.6 cm³/mol. The Labute approximate surface area is 106 Å². The molecule has 0 aliphatic rings. The van der Waals surface area contributed by atoms with E-state index in [1.54, 1.807) is 4.90 Å². The SMILES string of the molecule is Cc1ccc(N(CCC(=O)[O-])CCC(=O)[O-])cc1. The lowest BCUT2D eigenvalue weighted by Crippen LogP contribution is -2.34. The van der Waals surface area contributed by atoms with Crippen LogP contribution in [-0.2, 0) is 9.59 Å². The van der Waals surface area contributed by atoms with E-state index < -0.39 is 11.9 Å². The van der Waals surface area contributed by atoms with Crippen LogP contribution in [0.25, 0.3) is 0 Å². The van der Waals surface area contributed by atoms with Gasteiger partial charge in [-0.15, -0.1) is 0 Å². The standard InChI is InChI=1S/C13H17NO4/c1-10-2-4-11(5-3-10)14(8-6-12(15)16)9-7-13(17)18/h2-5H,6-9H2,1H3,(H,15,16)(H,17,18)/p-2. The molecule has 0 saturated carbocycles. The molecule has 0 radical (unpaired) electrons. The fourth-order valence-electron chi connectivity index (χ4n) is 1.58. The third-order valence-electron chi connectivity index (χ3n) is 2.57. The van der Waals surface area contributed by atoms with Crippen molar-refractivity contribution >= 4 is 17.6 Å². The molecule has 1 rings (SSSR count). The number of carbonyl (C=O) groups excluding carboxylic acids is 2. The molecule has 0 heterocycles. The molecular formula is C13H15NO4-2. The molecule has 0 aliphatic carbocycles. The number of carbonyl (C=O) groups is 2. The molecule has 0 spiro atoms. The van der Waals surface area contributed by atoms with Gasteiger partial charge in [0.2, 0.25) is 0 Å². The van der Waals surface area contributed by atoms with Gasteiger partial charge in [-0.05, 0) is 19.1 Å². The summed E-state index contributed by atoms with van der Waals surface area (Å²) in [5, 5.41) is 20.9. The second kappa shape index (κ2) is 6.64. The Balaban J connectivity index is 2.71. The van der Waals surface area contributed by atoms with Crippen LogP contribution in [-0.4, -0.2) is 25.0 Å². The number of aliphatic carboxylic acids is 2. The number of anilines is 1. The molecule has 5 heteroatoms. The fraction of sp³-hybridized carbons (Fsp3) is 0.385. The highest BCUT2D eigenvalue weighted by molar-refractivity contribution is 5.67. The van der Waals surface area contributed by atoms with Crippen LogP contribution < -0.4 is 15.1 Å². The number of carboxylic acid groups (broad SMARTS) is 2. The molecule has 0 aliphatic heterocycles. The van der Waals surface area contributed by atoms with Gasteiger partial charge in [0.05, 0.1) is 0 Å². The Kier molecular flexibility index (Phi) is 5.17. The van der Waals surface area contributed by atoms with Crippen LogP contribution in [0.15, 0.2) is 24.3 Å². The minimum Gasteiger partial charge on any atom is -0.550 e. The second-order valence-electron chi connectivity index (χ2n) is 4.07. The van der Waals surface area contributed by atoms with Crippen molar-refractivity contribution < 1.29 is 19.8 Å². The van der Waals surface area contributed by atoms with Crippen LogP contribution in [0.2, 0.25) is 0 Å². The van der Waals surface area contributed by atoms with Gasteiger partial charge in [-0.1, -0.05) is 17.7 Å². The van der Waals surface area contributed by atoms with Crippen molar-refractivity contribution in [2.24, 2.45) is 0 Å². The maximum atomic E-state index is 10.5.